The van der Waals surface area contributed by atoms with E-state index in [1.165, 1.54) is 10.5 Å². The molecule has 38 heavy (non-hydrogen) atoms. The van der Waals surface area contributed by atoms with E-state index in [9.17, 15) is 14.4 Å². The Morgan fingerprint density at radius 1 is 1.05 bits per heavy atom. The zero-order valence-electron chi connectivity index (χ0n) is 24.1. The minimum absolute atomic E-state index is 0. The Kier molecular flexibility index (Phi) is 9.57. The lowest BCUT2D eigenvalue weighted by Crippen LogP contribution is -2.57. The Morgan fingerprint density at radius 2 is 1.68 bits per heavy atom. The van der Waals surface area contributed by atoms with E-state index in [1.54, 1.807) is 0 Å². The summed E-state index contributed by atoms with van der Waals surface area (Å²) in [5.41, 5.74) is 0.570. The monoisotopic (exact) mass is 546 g/mol. The van der Waals surface area contributed by atoms with Gasteiger partial charge in [0, 0.05) is 58.2 Å². The van der Waals surface area contributed by atoms with Gasteiger partial charge in [-0.1, -0.05) is 65.0 Å². The molecule has 3 fully saturated rings. The van der Waals surface area contributed by atoms with Crippen molar-refractivity contribution in [3.8, 4) is 0 Å². The predicted molar refractivity (Wildman–Crippen MR) is 153 cm³/mol. The van der Waals surface area contributed by atoms with Gasteiger partial charge < -0.3 is 14.7 Å². The number of nitrogens with zero attached hydrogens (tertiary/aromatic N) is 4. The molecule has 3 aliphatic rings. The van der Waals surface area contributed by atoms with E-state index in [0.29, 0.717) is 50.1 Å². The second-order valence-electron chi connectivity index (χ2n) is 13.0. The third kappa shape index (κ3) is 6.20. The summed E-state index contributed by atoms with van der Waals surface area (Å²) < 4.78 is 0. The molecule has 3 saturated heterocycles. The lowest BCUT2D eigenvalue weighted by atomic mass is 9.83. The molecule has 0 N–H and O–H groups in total. The molecule has 1 aromatic rings. The lowest BCUT2D eigenvalue weighted by molar-refractivity contribution is -0.136. The van der Waals surface area contributed by atoms with Gasteiger partial charge in [0.15, 0.2) is 0 Å². The summed E-state index contributed by atoms with van der Waals surface area (Å²) >= 11 is 0. The average molecular weight is 547 g/mol. The molecule has 4 rings (SSSR count). The zero-order valence-corrected chi connectivity index (χ0v) is 24.9. The van der Waals surface area contributed by atoms with E-state index in [-0.39, 0.29) is 35.7 Å². The number of hydrogen-bond acceptors (Lipinski definition) is 4. The summed E-state index contributed by atoms with van der Waals surface area (Å²) in [7, 11) is 0. The first kappa shape index (κ1) is 30.4. The van der Waals surface area contributed by atoms with Crippen molar-refractivity contribution in [3.63, 3.8) is 0 Å². The SMILES string of the molecule is CCN1C(=O)N(CC(C)C)C2(CCN(CC3CN(C(=O)CC(C)(C)C)CC3c3ccccc3)CC2)C1=O.Cl. The molecule has 8 heteroatoms. The smallest absolute Gasteiger partial charge is 0.327 e. The largest absolute Gasteiger partial charge is 0.342 e. The summed E-state index contributed by atoms with van der Waals surface area (Å²) in [6, 6.07) is 10.5. The quantitative estimate of drug-likeness (QED) is 0.458. The fourth-order valence-corrected chi connectivity index (χ4v) is 6.50. The standard InChI is InChI=1S/C30H46N4O3.ClH/c1-7-33-27(36)30(34(28(33)37)18-22(2)3)13-15-31(16-14-30)19-24-20-32(26(35)17-29(4,5)6)21-25(24)23-11-9-8-10-12-23;/h8-12,22,24-25H,7,13-21H2,1-6H3;1H. The van der Waals surface area contributed by atoms with Crippen molar-refractivity contribution in [1.29, 1.82) is 0 Å². The van der Waals surface area contributed by atoms with Crippen LogP contribution in [-0.4, -0.2) is 88.8 Å². The van der Waals surface area contributed by atoms with Crippen molar-refractivity contribution in [2.24, 2.45) is 17.3 Å². The number of piperidine rings is 1. The molecule has 0 radical (unpaired) electrons. The van der Waals surface area contributed by atoms with Crippen LogP contribution < -0.4 is 0 Å². The molecule has 7 nitrogen and oxygen atoms in total. The highest BCUT2D eigenvalue weighted by Gasteiger charge is 2.57. The summed E-state index contributed by atoms with van der Waals surface area (Å²) in [4.78, 5) is 47.5. The molecule has 2 atom stereocenters. The zero-order chi connectivity index (χ0) is 27.0. The van der Waals surface area contributed by atoms with Crippen LogP contribution in [-0.2, 0) is 9.59 Å². The van der Waals surface area contributed by atoms with Crippen LogP contribution in [0.2, 0.25) is 0 Å². The third-order valence-corrected chi connectivity index (χ3v) is 8.36. The fraction of sp³-hybridized carbons (Fsp3) is 0.700. The number of carbonyl (C=O) groups is 3. The molecule has 1 spiro atoms. The van der Waals surface area contributed by atoms with Gasteiger partial charge in [-0.25, -0.2) is 4.79 Å². The van der Waals surface area contributed by atoms with E-state index in [2.05, 4.69) is 68.7 Å². The summed E-state index contributed by atoms with van der Waals surface area (Å²) in [6.07, 6.45) is 1.91. The maximum absolute atomic E-state index is 13.4. The number of rotatable bonds is 7. The highest BCUT2D eigenvalue weighted by Crippen LogP contribution is 2.40. The van der Waals surface area contributed by atoms with Gasteiger partial charge in [-0.05, 0) is 42.6 Å². The fourth-order valence-electron chi connectivity index (χ4n) is 6.50. The topological polar surface area (TPSA) is 64.2 Å². The molecule has 3 heterocycles. The molecular formula is C30H47ClN4O3. The van der Waals surface area contributed by atoms with Crippen molar-refractivity contribution in [2.45, 2.75) is 72.3 Å². The van der Waals surface area contributed by atoms with Crippen LogP contribution in [0.4, 0.5) is 4.79 Å². The van der Waals surface area contributed by atoms with Crippen molar-refractivity contribution in [1.82, 2.24) is 19.6 Å². The summed E-state index contributed by atoms with van der Waals surface area (Å²) in [6.45, 7) is 17.5. The van der Waals surface area contributed by atoms with Gasteiger partial charge in [-0.2, -0.15) is 0 Å². The van der Waals surface area contributed by atoms with Crippen molar-refractivity contribution < 1.29 is 14.4 Å². The highest BCUT2D eigenvalue weighted by atomic mass is 35.5. The molecular weight excluding hydrogens is 500 g/mol. The second kappa shape index (κ2) is 12.0. The van der Waals surface area contributed by atoms with Gasteiger partial charge in [-0.15, -0.1) is 12.4 Å². The molecule has 3 aliphatic heterocycles. The number of likely N-dealkylation sites (tertiary alicyclic amines) is 2. The van der Waals surface area contributed by atoms with Gasteiger partial charge >= 0.3 is 6.03 Å². The first-order chi connectivity index (χ1) is 17.4. The average Bonchev–Trinajstić information content (AvgIpc) is 3.33. The Labute approximate surface area is 235 Å². The van der Waals surface area contributed by atoms with Gasteiger partial charge in [0.1, 0.15) is 5.54 Å². The normalized spacial score (nSPS) is 24.0. The second-order valence-corrected chi connectivity index (χ2v) is 13.0. The van der Waals surface area contributed by atoms with Crippen LogP contribution in [0.5, 0.6) is 0 Å². The van der Waals surface area contributed by atoms with Crippen LogP contribution in [0, 0.1) is 17.3 Å². The highest BCUT2D eigenvalue weighted by molar-refractivity contribution is 6.07. The minimum atomic E-state index is -0.697. The van der Waals surface area contributed by atoms with Crippen LogP contribution in [0.1, 0.15) is 72.3 Å². The molecule has 2 unspecified atom stereocenters. The van der Waals surface area contributed by atoms with Gasteiger partial charge in [0.2, 0.25) is 5.91 Å². The number of carbonyl (C=O) groups excluding carboxylic acids is 3. The molecule has 1 aromatic carbocycles. The Bertz CT molecular complexity index is 985. The number of likely N-dealkylation sites (N-methyl/N-ethyl adjacent to an activating group) is 1. The molecule has 0 aliphatic carbocycles. The van der Waals surface area contributed by atoms with Crippen LogP contribution in [0.25, 0.3) is 0 Å². The van der Waals surface area contributed by atoms with E-state index in [0.717, 1.165) is 32.7 Å². The summed E-state index contributed by atoms with van der Waals surface area (Å²) in [5.74, 6) is 1.20. The number of benzene rings is 1. The molecule has 4 amide bonds. The van der Waals surface area contributed by atoms with E-state index in [4.69, 9.17) is 0 Å². The van der Waals surface area contributed by atoms with Crippen molar-refractivity contribution >= 4 is 30.3 Å². The van der Waals surface area contributed by atoms with Crippen molar-refractivity contribution in [2.75, 3.05) is 45.8 Å². The predicted octanol–water partition coefficient (Wildman–Crippen LogP) is 4.86. The lowest BCUT2D eigenvalue weighted by Gasteiger charge is -2.43. The van der Waals surface area contributed by atoms with Crippen molar-refractivity contribution in [3.05, 3.63) is 35.9 Å². The Balaban J connectivity index is 0.00000400. The van der Waals surface area contributed by atoms with Gasteiger partial charge in [0.25, 0.3) is 5.91 Å². The van der Waals surface area contributed by atoms with E-state index >= 15 is 0 Å². The van der Waals surface area contributed by atoms with Gasteiger partial charge in [0.05, 0.1) is 0 Å². The molecule has 0 aromatic heterocycles. The Morgan fingerprint density at radius 3 is 2.24 bits per heavy atom. The molecule has 0 saturated carbocycles. The number of halogens is 1. The van der Waals surface area contributed by atoms with Gasteiger partial charge in [-0.3, -0.25) is 14.5 Å². The first-order valence-corrected chi connectivity index (χ1v) is 14.1. The molecule has 0 bridgehead atoms. The van der Waals surface area contributed by atoms with Crippen LogP contribution >= 0.6 is 12.4 Å². The van der Waals surface area contributed by atoms with E-state index in [1.807, 2.05) is 17.9 Å². The first-order valence-electron chi connectivity index (χ1n) is 14.1. The minimum Gasteiger partial charge on any atom is -0.342 e. The summed E-state index contributed by atoms with van der Waals surface area (Å²) in [5, 5.41) is 0. The Hall–Kier alpha value is -2.12. The number of urea groups is 1. The maximum Gasteiger partial charge on any atom is 0.327 e. The van der Waals surface area contributed by atoms with Crippen LogP contribution in [0.15, 0.2) is 30.3 Å². The third-order valence-electron chi connectivity index (χ3n) is 8.36. The van der Waals surface area contributed by atoms with Crippen LogP contribution in [0.3, 0.4) is 0 Å². The number of imide groups is 1. The number of hydrogen-bond donors (Lipinski definition) is 0. The maximum atomic E-state index is 13.4. The number of amides is 4. The van der Waals surface area contributed by atoms with E-state index < -0.39 is 5.54 Å². The molecule has 212 valence electrons.